The molecule has 0 fully saturated rings. The molecule has 1 aliphatic rings. The van der Waals surface area contributed by atoms with Crippen molar-refractivity contribution in [3.63, 3.8) is 0 Å². The molecule has 2 aromatic rings. The maximum atomic E-state index is 13.3. The van der Waals surface area contributed by atoms with Crippen LogP contribution in [0, 0.1) is 13.8 Å². The molecular weight excluding hydrogens is 596 g/mol. The summed E-state index contributed by atoms with van der Waals surface area (Å²) < 4.78 is 37.3. The van der Waals surface area contributed by atoms with Gasteiger partial charge in [0.15, 0.2) is 9.84 Å². The minimum Gasteiger partial charge on any atom is -0.494 e. The number of carbonyl (C=O) groups excluding carboxylic acids is 3. The molecule has 2 heterocycles. The van der Waals surface area contributed by atoms with Gasteiger partial charge in [-0.05, 0) is 100 Å². The number of aromatic nitrogens is 1. The second-order valence-electron chi connectivity index (χ2n) is 11.6. The van der Waals surface area contributed by atoms with Gasteiger partial charge in [0.1, 0.15) is 35.1 Å². The number of fused-ring (bicyclic) bond motifs is 1. The van der Waals surface area contributed by atoms with Crippen LogP contribution in [0.4, 0.5) is 5.82 Å². The monoisotopic (exact) mass is 644 g/mol. The van der Waals surface area contributed by atoms with Gasteiger partial charge in [-0.1, -0.05) is 6.07 Å². The number of hydrogen-bond acceptors (Lipinski definition) is 11. The van der Waals surface area contributed by atoms with Gasteiger partial charge in [0.2, 0.25) is 0 Å². The lowest BCUT2D eigenvalue weighted by Crippen LogP contribution is -2.42. The molecule has 0 saturated heterocycles. The third-order valence-electron chi connectivity index (χ3n) is 7.80. The third-order valence-corrected chi connectivity index (χ3v) is 9.61. The minimum absolute atomic E-state index is 0.139. The second kappa shape index (κ2) is 18.0. The highest BCUT2D eigenvalue weighted by Gasteiger charge is 2.27. The molecule has 11 nitrogen and oxygen atoms in total. The van der Waals surface area contributed by atoms with E-state index in [4.69, 9.17) is 15.2 Å². The Balaban J connectivity index is 1.49. The number of hydrogen-bond donors (Lipinski definition) is 3. The number of aryl methyl sites for hydroxylation is 4. The molecular formula is C33H48N4O7S. The van der Waals surface area contributed by atoms with Crippen LogP contribution in [-0.4, -0.2) is 69.7 Å². The number of nitrogens with one attached hydrogen (secondary N) is 2. The summed E-state index contributed by atoms with van der Waals surface area (Å²) in [6.07, 6.45) is 6.50. The summed E-state index contributed by atoms with van der Waals surface area (Å²) in [6.45, 7) is 5.11. The number of Topliss-reactive ketones (excluding diaryl/α,β-unsaturated/α-hetero) is 2. The highest BCUT2D eigenvalue weighted by atomic mass is 32.2. The number of ether oxygens (including phenoxy) is 2. The fourth-order valence-corrected chi connectivity index (χ4v) is 7.16. The molecule has 1 unspecified atom stereocenters. The van der Waals surface area contributed by atoms with Crippen LogP contribution in [0.25, 0.3) is 0 Å². The molecule has 0 radical (unpaired) electrons. The number of esters is 1. The molecule has 0 aliphatic carbocycles. The molecule has 248 valence electrons. The molecule has 45 heavy (non-hydrogen) atoms. The van der Waals surface area contributed by atoms with Gasteiger partial charge in [0.25, 0.3) is 0 Å². The SMILES string of the molecule is COC(=O)C(CC(=O)CCCCc1ccc2c(n1)NCCC2)NCS(=O)(=O)c1c(C)cc(OCCCC(=O)CCCN)cc1C. The standard InChI is InChI=1S/C33H48N4O7S/c1-23-19-29(44-18-8-13-27(38)12-6-16-34)20-24(2)31(23)45(41,42)22-36-30(33(40)43-3)21-28(39)11-5-4-10-26-15-14-25-9-7-17-35-32(25)37-26/h14-15,19-20,30,36H,4-13,16-18,21-22,34H2,1-3H3,(H,35,37). The van der Waals surface area contributed by atoms with Gasteiger partial charge in [-0.3, -0.25) is 19.7 Å². The van der Waals surface area contributed by atoms with Crippen LogP contribution in [0.2, 0.25) is 0 Å². The predicted octanol–water partition coefficient (Wildman–Crippen LogP) is 3.76. The molecule has 3 rings (SSSR count). The number of nitrogens with zero attached hydrogens (tertiary/aromatic N) is 1. The fourth-order valence-electron chi connectivity index (χ4n) is 5.50. The number of pyridine rings is 1. The molecule has 1 aliphatic heterocycles. The predicted molar refractivity (Wildman–Crippen MR) is 173 cm³/mol. The zero-order valence-corrected chi connectivity index (χ0v) is 27.6. The molecule has 0 saturated carbocycles. The van der Waals surface area contributed by atoms with Crippen LogP contribution < -0.4 is 21.1 Å². The molecule has 0 bridgehead atoms. The Morgan fingerprint density at radius 2 is 1.73 bits per heavy atom. The van der Waals surface area contributed by atoms with Crippen LogP contribution in [0.5, 0.6) is 5.75 Å². The molecule has 4 N–H and O–H groups in total. The van der Waals surface area contributed by atoms with Gasteiger partial charge >= 0.3 is 5.97 Å². The van der Waals surface area contributed by atoms with Crippen molar-refractivity contribution < 1.29 is 32.3 Å². The average Bonchev–Trinajstić information content (AvgIpc) is 3.01. The summed E-state index contributed by atoms with van der Waals surface area (Å²) in [5.41, 5.74) is 8.65. The third kappa shape index (κ3) is 11.5. The molecule has 12 heteroatoms. The minimum atomic E-state index is -3.87. The number of methoxy groups -OCH3 is 1. The lowest BCUT2D eigenvalue weighted by atomic mass is 10.0. The van der Waals surface area contributed by atoms with Gasteiger partial charge in [-0.25, -0.2) is 13.4 Å². The van der Waals surface area contributed by atoms with E-state index in [2.05, 4.69) is 21.7 Å². The van der Waals surface area contributed by atoms with E-state index in [1.54, 1.807) is 26.0 Å². The molecule has 1 atom stereocenters. The van der Waals surface area contributed by atoms with E-state index in [1.165, 1.54) is 12.7 Å². The number of carbonyl (C=O) groups is 3. The Labute approximate surface area is 267 Å². The normalized spacial score (nSPS) is 13.4. The maximum Gasteiger partial charge on any atom is 0.323 e. The van der Waals surface area contributed by atoms with Crippen molar-refractivity contribution >= 4 is 33.2 Å². The number of sulfone groups is 1. The first-order valence-electron chi connectivity index (χ1n) is 15.8. The Hall–Kier alpha value is -3.35. The number of rotatable bonds is 20. The van der Waals surface area contributed by atoms with Gasteiger partial charge < -0.3 is 20.5 Å². The Morgan fingerprint density at radius 1 is 1.02 bits per heavy atom. The van der Waals surface area contributed by atoms with Crippen molar-refractivity contribution in [2.75, 3.05) is 38.0 Å². The highest BCUT2D eigenvalue weighted by Crippen LogP contribution is 2.27. The van der Waals surface area contributed by atoms with Crippen molar-refractivity contribution in [3.8, 4) is 5.75 Å². The summed E-state index contributed by atoms with van der Waals surface area (Å²) in [5, 5.41) is 6.08. The largest absolute Gasteiger partial charge is 0.494 e. The highest BCUT2D eigenvalue weighted by molar-refractivity contribution is 7.91. The number of benzene rings is 1. The van der Waals surface area contributed by atoms with Gasteiger partial charge in [0.05, 0.1) is 18.6 Å². The van der Waals surface area contributed by atoms with Crippen LogP contribution in [0.1, 0.15) is 80.2 Å². The van der Waals surface area contributed by atoms with Crippen molar-refractivity contribution in [3.05, 3.63) is 46.6 Å². The van der Waals surface area contributed by atoms with Gasteiger partial charge in [-0.15, -0.1) is 0 Å². The second-order valence-corrected chi connectivity index (χ2v) is 13.5. The van der Waals surface area contributed by atoms with Crippen molar-refractivity contribution in [2.45, 2.75) is 95.4 Å². The van der Waals surface area contributed by atoms with E-state index >= 15 is 0 Å². The van der Waals surface area contributed by atoms with Crippen molar-refractivity contribution in [1.82, 2.24) is 10.3 Å². The Bertz CT molecular complexity index is 1410. The average molecular weight is 645 g/mol. The number of unbranched alkanes of at least 4 members (excludes halogenated alkanes) is 1. The van der Waals surface area contributed by atoms with E-state index in [0.717, 1.165) is 43.7 Å². The summed E-state index contributed by atoms with van der Waals surface area (Å²) in [7, 11) is -2.66. The van der Waals surface area contributed by atoms with E-state index < -0.39 is 27.7 Å². The molecule has 0 amide bonds. The smallest absolute Gasteiger partial charge is 0.323 e. The Kier molecular flexibility index (Phi) is 14.4. The first kappa shape index (κ1) is 36.1. The first-order valence-corrected chi connectivity index (χ1v) is 17.4. The zero-order chi connectivity index (χ0) is 32.8. The topological polar surface area (TPSA) is 167 Å². The zero-order valence-electron chi connectivity index (χ0n) is 26.8. The Morgan fingerprint density at radius 3 is 2.44 bits per heavy atom. The van der Waals surface area contributed by atoms with Crippen molar-refractivity contribution in [1.29, 1.82) is 0 Å². The van der Waals surface area contributed by atoms with Crippen LogP contribution in [0.15, 0.2) is 29.2 Å². The number of ketones is 2. The molecule has 1 aromatic heterocycles. The summed E-state index contributed by atoms with van der Waals surface area (Å²) in [5.74, 6) is 0.237. The summed E-state index contributed by atoms with van der Waals surface area (Å²) in [6, 6.07) is 6.35. The maximum absolute atomic E-state index is 13.3. The van der Waals surface area contributed by atoms with Crippen LogP contribution in [0.3, 0.4) is 0 Å². The van der Waals surface area contributed by atoms with E-state index in [0.29, 0.717) is 62.1 Å². The lowest BCUT2D eigenvalue weighted by Gasteiger charge is -2.18. The quantitative estimate of drug-likeness (QED) is 0.142. The van der Waals surface area contributed by atoms with Crippen LogP contribution in [-0.2, 0) is 41.8 Å². The van der Waals surface area contributed by atoms with Crippen LogP contribution >= 0.6 is 0 Å². The van der Waals surface area contributed by atoms with E-state index in [-0.39, 0.29) is 29.3 Å². The first-order chi connectivity index (χ1) is 21.5. The van der Waals surface area contributed by atoms with Gasteiger partial charge in [-0.2, -0.15) is 0 Å². The molecule has 1 aromatic carbocycles. The number of nitrogens with two attached hydrogens (primary N) is 1. The molecule has 0 spiro atoms. The lowest BCUT2D eigenvalue weighted by molar-refractivity contribution is -0.144. The van der Waals surface area contributed by atoms with E-state index in [9.17, 15) is 22.8 Å². The van der Waals surface area contributed by atoms with E-state index in [1.807, 2.05) is 6.07 Å². The fraction of sp³-hybridized carbons (Fsp3) is 0.576. The number of anilines is 1. The van der Waals surface area contributed by atoms with Crippen molar-refractivity contribution in [2.24, 2.45) is 5.73 Å². The summed E-state index contributed by atoms with van der Waals surface area (Å²) in [4.78, 5) is 41.8. The summed E-state index contributed by atoms with van der Waals surface area (Å²) >= 11 is 0. The van der Waals surface area contributed by atoms with Gasteiger partial charge in [0, 0.05) is 37.9 Å².